The number of aliphatic hydroxyl groups is 1. The number of amides is 1. The molecule has 1 unspecified atom stereocenters. The summed E-state index contributed by atoms with van der Waals surface area (Å²) in [5.41, 5.74) is 0.496. The first-order valence-electron chi connectivity index (χ1n) is 4.56. The van der Waals surface area contributed by atoms with Gasteiger partial charge in [-0.3, -0.25) is 9.78 Å². The maximum absolute atomic E-state index is 11.7. The monoisotopic (exact) mass is 194 g/mol. The summed E-state index contributed by atoms with van der Waals surface area (Å²) in [6.07, 6.45) is 2.33. The highest BCUT2D eigenvalue weighted by Crippen LogP contribution is 2.05. The van der Waals surface area contributed by atoms with Crippen LogP contribution in [0.5, 0.6) is 0 Å². The van der Waals surface area contributed by atoms with Gasteiger partial charge in [0.1, 0.15) is 6.23 Å². The molecule has 1 N–H and O–H groups in total. The van der Waals surface area contributed by atoms with Gasteiger partial charge in [-0.1, -0.05) is 0 Å². The summed E-state index contributed by atoms with van der Waals surface area (Å²) in [5.74, 6) is -0.199. The fraction of sp³-hybridized carbons (Fsp3) is 0.400. The minimum absolute atomic E-state index is 0.199. The van der Waals surface area contributed by atoms with Gasteiger partial charge in [-0.25, -0.2) is 0 Å². The molecule has 4 heteroatoms. The van der Waals surface area contributed by atoms with Gasteiger partial charge in [-0.15, -0.1) is 0 Å². The number of rotatable bonds is 3. The Hall–Kier alpha value is -1.42. The van der Waals surface area contributed by atoms with Crippen LogP contribution >= 0.6 is 0 Å². The topological polar surface area (TPSA) is 53.4 Å². The van der Waals surface area contributed by atoms with E-state index in [9.17, 15) is 9.90 Å². The molecule has 0 saturated heterocycles. The van der Waals surface area contributed by atoms with E-state index in [0.717, 1.165) is 0 Å². The Kier molecular flexibility index (Phi) is 3.59. The van der Waals surface area contributed by atoms with Crippen LogP contribution in [0.3, 0.4) is 0 Å². The van der Waals surface area contributed by atoms with Crippen LogP contribution in [0.25, 0.3) is 0 Å². The molecule has 1 atom stereocenters. The molecular formula is C10H14N2O2. The molecule has 0 fully saturated rings. The van der Waals surface area contributed by atoms with Crippen LogP contribution in [0.15, 0.2) is 24.5 Å². The summed E-state index contributed by atoms with van der Waals surface area (Å²) in [6, 6.07) is 3.38. The zero-order valence-electron chi connectivity index (χ0n) is 8.34. The van der Waals surface area contributed by atoms with Crippen LogP contribution in [0, 0.1) is 0 Å². The van der Waals surface area contributed by atoms with Crippen molar-refractivity contribution in [2.75, 3.05) is 6.54 Å². The lowest BCUT2D eigenvalue weighted by Gasteiger charge is -2.23. The second-order valence-corrected chi connectivity index (χ2v) is 2.96. The smallest absolute Gasteiger partial charge is 0.257 e. The molecule has 0 aliphatic rings. The fourth-order valence-corrected chi connectivity index (χ4v) is 1.23. The summed E-state index contributed by atoms with van der Waals surface area (Å²) in [4.78, 5) is 17.0. The van der Waals surface area contributed by atoms with E-state index < -0.39 is 6.23 Å². The standard InChI is InChI=1S/C10H14N2O2/c1-3-12(8(2)13)10(14)9-5-4-6-11-7-9/h4-8,13H,3H2,1-2H3. The molecule has 0 aromatic carbocycles. The lowest BCUT2D eigenvalue weighted by molar-refractivity contribution is 0.0199. The molecule has 14 heavy (non-hydrogen) atoms. The van der Waals surface area contributed by atoms with Crippen LogP contribution in [0.4, 0.5) is 0 Å². The number of aromatic nitrogens is 1. The van der Waals surface area contributed by atoms with Crippen molar-refractivity contribution >= 4 is 5.91 Å². The molecule has 4 nitrogen and oxygen atoms in total. The third-order valence-electron chi connectivity index (χ3n) is 1.96. The first kappa shape index (κ1) is 10.7. The van der Waals surface area contributed by atoms with Crippen molar-refractivity contribution in [2.45, 2.75) is 20.1 Å². The SMILES string of the molecule is CCN(C(=O)c1cccnc1)C(C)O. The lowest BCUT2D eigenvalue weighted by Crippen LogP contribution is -2.38. The summed E-state index contributed by atoms with van der Waals surface area (Å²) in [5, 5.41) is 9.33. The number of carbonyl (C=O) groups is 1. The molecule has 0 saturated carbocycles. The van der Waals surface area contributed by atoms with Gasteiger partial charge < -0.3 is 10.0 Å². The highest BCUT2D eigenvalue weighted by Gasteiger charge is 2.17. The molecule has 76 valence electrons. The van der Waals surface area contributed by atoms with Crippen LogP contribution in [-0.2, 0) is 0 Å². The van der Waals surface area contributed by atoms with E-state index >= 15 is 0 Å². The Morgan fingerprint density at radius 3 is 2.86 bits per heavy atom. The second-order valence-electron chi connectivity index (χ2n) is 2.96. The average molecular weight is 194 g/mol. The van der Waals surface area contributed by atoms with Gasteiger partial charge in [0, 0.05) is 18.9 Å². The van der Waals surface area contributed by atoms with Gasteiger partial charge >= 0.3 is 0 Å². The van der Waals surface area contributed by atoms with E-state index in [2.05, 4.69) is 4.98 Å². The van der Waals surface area contributed by atoms with Gasteiger partial charge in [0.15, 0.2) is 0 Å². The molecule has 0 aliphatic carbocycles. The minimum atomic E-state index is -0.771. The molecule has 0 aliphatic heterocycles. The van der Waals surface area contributed by atoms with Gasteiger partial charge in [0.2, 0.25) is 0 Å². The Labute approximate surface area is 83.2 Å². The summed E-state index contributed by atoms with van der Waals surface area (Å²) in [7, 11) is 0. The van der Waals surface area contributed by atoms with E-state index in [-0.39, 0.29) is 5.91 Å². The summed E-state index contributed by atoms with van der Waals surface area (Å²) >= 11 is 0. The van der Waals surface area contributed by atoms with Crippen LogP contribution < -0.4 is 0 Å². The third-order valence-corrected chi connectivity index (χ3v) is 1.96. The van der Waals surface area contributed by atoms with Gasteiger partial charge in [-0.05, 0) is 26.0 Å². The molecule has 0 spiro atoms. The van der Waals surface area contributed by atoms with E-state index in [0.29, 0.717) is 12.1 Å². The van der Waals surface area contributed by atoms with Crippen molar-refractivity contribution in [3.8, 4) is 0 Å². The van der Waals surface area contributed by atoms with E-state index in [4.69, 9.17) is 0 Å². The number of aliphatic hydroxyl groups excluding tert-OH is 1. The molecule has 1 aromatic rings. The highest BCUT2D eigenvalue weighted by atomic mass is 16.3. The molecule has 1 heterocycles. The zero-order chi connectivity index (χ0) is 10.6. The van der Waals surface area contributed by atoms with E-state index in [1.807, 2.05) is 6.92 Å². The summed E-state index contributed by atoms with van der Waals surface area (Å²) < 4.78 is 0. The van der Waals surface area contributed by atoms with Gasteiger partial charge in [0.25, 0.3) is 5.91 Å². The Balaban J connectivity index is 2.84. The van der Waals surface area contributed by atoms with Crippen molar-refractivity contribution in [3.05, 3.63) is 30.1 Å². The Morgan fingerprint density at radius 2 is 2.43 bits per heavy atom. The van der Waals surface area contributed by atoms with Crippen molar-refractivity contribution in [1.82, 2.24) is 9.88 Å². The van der Waals surface area contributed by atoms with Gasteiger partial charge in [0.05, 0.1) is 5.56 Å². The molecule has 1 aromatic heterocycles. The Morgan fingerprint density at radius 1 is 1.71 bits per heavy atom. The van der Waals surface area contributed by atoms with Crippen molar-refractivity contribution in [3.63, 3.8) is 0 Å². The predicted molar refractivity (Wildman–Crippen MR) is 52.6 cm³/mol. The number of nitrogens with zero attached hydrogens (tertiary/aromatic N) is 2. The minimum Gasteiger partial charge on any atom is -0.374 e. The number of hydrogen-bond donors (Lipinski definition) is 1. The first-order chi connectivity index (χ1) is 6.66. The number of pyridine rings is 1. The van der Waals surface area contributed by atoms with E-state index in [1.54, 1.807) is 25.3 Å². The maximum atomic E-state index is 11.7. The third kappa shape index (κ3) is 2.29. The normalized spacial score (nSPS) is 12.2. The van der Waals surface area contributed by atoms with Gasteiger partial charge in [-0.2, -0.15) is 0 Å². The molecular weight excluding hydrogens is 180 g/mol. The quantitative estimate of drug-likeness (QED) is 0.727. The maximum Gasteiger partial charge on any atom is 0.257 e. The molecule has 0 radical (unpaired) electrons. The largest absolute Gasteiger partial charge is 0.374 e. The molecule has 1 amide bonds. The lowest BCUT2D eigenvalue weighted by atomic mass is 10.2. The average Bonchev–Trinajstić information content (AvgIpc) is 2.19. The predicted octanol–water partition coefficient (Wildman–Crippen LogP) is 0.882. The fourth-order valence-electron chi connectivity index (χ4n) is 1.23. The van der Waals surface area contributed by atoms with Crippen LogP contribution in [0.2, 0.25) is 0 Å². The molecule has 1 rings (SSSR count). The second kappa shape index (κ2) is 4.72. The number of carbonyl (C=O) groups excluding carboxylic acids is 1. The highest BCUT2D eigenvalue weighted by molar-refractivity contribution is 5.93. The van der Waals surface area contributed by atoms with Crippen molar-refractivity contribution in [2.24, 2.45) is 0 Å². The van der Waals surface area contributed by atoms with Crippen LogP contribution in [0.1, 0.15) is 24.2 Å². The first-order valence-corrected chi connectivity index (χ1v) is 4.56. The molecule has 0 bridgehead atoms. The van der Waals surface area contributed by atoms with Crippen molar-refractivity contribution in [1.29, 1.82) is 0 Å². The van der Waals surface area contributed by atoms with Crippen molar-refractivity contribution < 1.29 is 9.90 Å². The number of hydrogen-bond acceptors (Lipinski definition) is 3. The summed E-state index contributed by atoms with van der Waals surface area (Å²) in [6.45, 7) is 3.87. The zero-order valence-corrected chi connectivity index (χ0v) is 8.34. The van der Waals surface area contributed by atoms with Crippen LogP contribution in [-0.4, -0.2) is 33.7 Å². The Bertz CT molecular complexity index is 298. The van der Waals surface area contributed by atoms with E-state index in [1.165, 1.54) is 11.1 Å².